The molecule has 4 aromatic rings. The van der Waals surface area contributed by atoms with E-state index in [0.29, 0.717) is 49.4 Å². The van der Waals surface area contributed by atoms with Gasteiger partial charge in [-0.15, -0.1) is 0 Å². The molecule has 14 heteroatoms. The average Bonchev–Trinajstić information content (AvgIpc) is 4.11. The maximum atomic E-state index is 14.0. The molecular weight excluding hydrogens is 809 g/mol. The van der Waals surface area contributed by atoms with Crippen molar-refractivity contribution in [2.45, 2.75) is 83.1 Å². The number of nitrogens with two attached hydrogens (primary N) is 1. The summed E-state index contributed by atoms with van der Waals surface area (Å²) in [4.78, 5) is 68.8. The number of nitrogens with one attached hydrogen (secondary N) is 3. The van der Waals surface area contributed by atoms with Gasteiger partial charge in [0.1, 0.15) is 35.0 Å². The zero-order valence-corrected chi connectivity index (χ0v) is 37.2. The number of carbonyl (C=O) groups excluding carboxylic acids is 4. The number of amides is 4. The summed E-state index contributed by atoms with van der Waals surface area (Å²) in [5, 5.41) is 5.37. The lowest BCUT2D eigenvalue weighted by Gasteiger charge is -2.32. The molecule has 2 aliphatic rings. The zero-order valence-electron chi connectivity index (χ0n) is 37.2. The normalized spacial score (nSPS) is 18.1. The fraction of sp³-hybridized carbons (Fsp3) is 0.360. The van der Waals surface area contributed by atoms with Crippen LogP contribution in [0.2, 0.25) is 0 Å². The molecule has 0 radical (unpaired) electrons. The van der Waals surface area contributed by atoms with E-state index in [1.807, 2.05) is 82.3 Å². The van der Waals surface area contributed by atoms with Crippen molar-refractivity contribution in [3.05, 3.63) is 120 Å². The van der Waals surface area contributed by atoms with Crippen LogP contribution in [0.1, 0.15) is 88.1 Å². The molecule has 2 aliphatic heterocycles. The van der Waals surface area contributed by atoms with Crippen molar-refractivity contribution in [3.63, 3.8) is 0 Å². The number of aliphatic imine (C=N–C) groups is 1. The molecule has 0 spiro atoms. The highest BCUT2D eigenvalue weighted by atomic mass is 16.5. The molecule has 3 aromatic carbocycles. The summed E-state index contributed by atoms with van der Waals surface area (Å²) in [5.41, 5.74) is 10.6. The summed E-state index contributed by atoms with van der Waals surface area (Å²) in [6.07, 6.45) is 4.90. The minimum atomic E-state index is -1.21. The molecule has 332 valence electrons. The second-order valence-electron chi connectivity index (χ2n) is 16.2. The lowest BCUT2D eigenvalue weighted by Crippen LogP contribution is -2.55. The maximum absolute atomic E-state index is 14.0. The lowest BCUT2D eigenvalue weighted by atomic mass is 9.86. The fourth-order valence-corrected chi connectivity index (χ4v) is 8.32. The van der Waals surface area contributed by atoms with Gasteiger partial charge in [0.15, 0.2) is 0 Å². The topological polar surface area (TPSA) is 184 Å². The Morgan fingerprint density at radius 2 is 1.48 bits per heavy atom. The molecule has 6 rings (SSSR count). The third-order valence-electron chi connectivity index (χ3n) is 11.6. The van der Waals surface area contributed by atoms with Crippen LogP contribution in [0.25, 0.3) is 16.7 Å². The highest BCUT2D eigenvalue weighted by Gasteiger charge is 2.39. The number of rotatable bonds is 12. The van der Waals surface area contributed by atoms with Crippen LogP contribution in [-0.2, 0) is 19.1 Å². The van der Waals surface area contributed by atoms with E-state index in [9.17, 15) is 19.2 Å². The number of ether oxygens (including phenoxy) is 2. The Morgan fingerprint density at radius 3 is 2.14 bits per heavy atom. The Kier molecular flexibility index (Phi) is 15.3. The number of likely N-dealkylation sites (tertiary alicyclic amines) is 2. The van der Waals surface area contributed by atoms with E-state index in [4.69, 9.17) is 20.2 Å². The number of benzene rings is 3. The standard InChI is InChI=1S/C50H56N8O6/c1-7-39(36-27-25-35(26-28-36)34-18-10-8-11-19-34)50(4,56-44(51)40-23-16-30-57(40)46(59)42(33(2)3)54-48(61)63-5)29-15-14-22-38-32-52-45(53-38)41-24-17-31-58(41)47(60)43(55-49(62)64-6)37-20-12-9-13-21-37/h7-13,18-21,25-28,32-33,40-43H,16-17,23-24,30-31H2,1-6H3,(H2,51,56)(H,52,53)(H,54,61)(H,55,62)/b39-7-/t40-,41-,42-,43+,50?/m0/s1. The van der Waals surface area contributed by atoms with Crippen LogP contribution in [0.3, 0.4) is 0 Å². The van der Waals surface area contributed by atoms with E-state index < -0.39 is 35.9 Å². The van der Waals surface area contributed by atoms with Crippen molar-refractivity contribution < 1.29 is 28.7 Å². The van der Waals surface area contributed by atoms with Crippen LogP contribution in [0.4, 0.5) is 9.59 Å². The Labute approximate surface area is 375 Å². The van der Waals surface area contributed by atoms with E-state index in [2.05, 4.69) is 68.5 Å². The summed E-state index contributed by atoms with van der Waals surface area (Å²) in [6, 6.07) is 24.7. The summed E-state index contributed by atoms with van der Waals surface area (Å²) < 4.78 is 9.64. The van der Waals surface area contributed by atoms with Gasteiger partial charge in [0.25, 0.3) is 5.91 Å². The number of hydrogen-bond acceptors (Lipinski definition) is 8. The van der Waals surface area contributed by atoms with Crippen molar-refractivity contribution in [1.29, 1.82) is 0 Å². The molecule has 64 heavy (non-hydrogen) atoms. The molecule has 0 saturated carbocycles. The number of methoxy groups -OCH3 is 2. The Hall–Kier alpha value is -7.32. The van der Waals surface area contributed by atoms with Crippen LogP contribution < -0.4 is 16.4 Å². The molecule has 3 heterocycles. The number of nitrogens with zero attached hydrogens (tertiary/aromatic N) is 4. The van der Waals surface area contributed by atoms with Gasteiger partial charge in [-0.05, 0) is 91.0 Å². The largest absolute Gasteiger partial charge is 0.453 e. The van der Waals surface area contributed by atoms with Gasteiger partial charge in [-0.1, -0.05) is 111 Å². The van der Waals surface area contributed by atoms with Crippen molar-refractivity contribution in [3.8, 4) is 34.8 Å². The predicted molar refractivity (Wildman–Crippen MR) is 246 cm³/mol. The number of carbonyl (C=O) groups is 4. The summed E-state index contributed by atoms with van der Waals surface area (Å²) >= 11 is 0. The van der Waals surface area contributed by atoms with Crippen LogP contribution in [-0.4, -0.2) is 94.5 Å². The minimum Gasteiger partial charge on any atom is -0.453 e. The van der Waals surface area contributed by atoms with E-state index in [1.165, 1.54) is 14.2 Å². The van der Waals surface area contributed by atoms with Gasteiger partial charge in [0.2, 0.25) is 5.91 Å². The number of aromatic amines is 1. The number of H-pyrrole nitrogens is 1. The molecule has 4 amide bonds. The zero-order chi connectivity index (χ0) is 45.8. The monoisotopic (exact) mass is 864 g/mol. The van der Waals surface area contributed by atoms with Crippen LogP contribution >= 0.6 is 0 Å². The van der Waals surface area contributed by atoms with Crippen molar-refractivity contribution in [2.75, 3.05) is 27.3 Å². The fourth-order valence-electron chi connectivity index (χ4n) is 8.32. The Bertz CT molecular complexity index is 2480. The quantitative estimate of drug-likeness (QED) is 0.0682. The van der Waals surface area contributed by atoms with Gasteiger partial charge in [-0.3, -0.25) is 9.59 Å². The van der Waals surface area contributed by atoms with Crippen LogP contribution in [0.5, 0.6) is 0 Å². The molecule has 2 saturated heterocycles. The number of amidine groups is 1. The van der Waals surface area contributed by atoms with E-state index >= 15 is 0 Å². The molecule has 0 bridgehead atoms. The predicted octanol–water partition coefficient (Wildman–Crippen LogP) is 6.78. The first-order chi connectivity index (χ1) is 30.9. The molecule has 0 aliphatic carbocycles. The first-order valence-corrected chi connectivity index (χ1v) is 21.5. The number of imidazole rings is 1. The highest BCUT2D eigenvalue weighted by Crippen LogP contribution is 2.35. The van der Waals surface area contributed by atoms with E-state index in [-0.39, 0.29) is 29.6 Å². The SMILES string of the molecule is C/C=C(/c1ccc(-c2ccccc2)cc1)C(C)(C#CC#Cc1cnc([C@@H]2CCCN2C(=O)[C@H](NC(=O)OC)c2ccccc2)[nH]1)N=C(N)[C@@H]1CCCN1C(=O)[C@@H](NC(=O)OC)C(C)C. The van der Waals surface area contributed by atoms with Gasteiger partial charge >= 0.3 is 12.2 Å². The third kappa shape index (κ3) is 10.8. The third-order valence-corrected chi connectivity index (χ3v) is 11.6. The van der Waals surface area contributed by atoms with E-state index in [0.717, 1.165) is 28.7 Å². The second kappa shape index (κ2) is 21.2. The molecule has 1 unspecified atom stereocenters. The molecule has 14 nitrogen and oxygen atoms in total. The van der Waals surface area contributed by atoms with Crippen molar-refractivity contribution in [1.82, 2.24) is 30.4 Å². The molecule has 5 atom stereocenters. The Balaban J connectivity index is 1.29. The molecule has 1 aromatic heterocycles. The number of alkyl carbamates (subject to hydrolysis) is 2. The minimum absolute atomic E-state index is 0.206. The Morgan fingerprint density at radius 1 is 0.859 bits per heavy atom. The number of allylic oxidation sites excluding steroid dienone is 1. The number of aromatic nitrogens is 2. The van der Waals surface area contributed by atoms with Gasteiger partial charge in [0.05, 0.1) is 32.5 Å². The summed E-state index contributed by atoms with van der Waals surface area (Å²) in [7, 11) is 2.52. The van der Waals surface area contributed by atoms with Crippen molar-refractivity contribution >= 4 is 35.4 Å². The first kappa shape index (κ1) is 46.2. The molecule has 5 N–H and O–H groups in total. The first-order valence-electron chi connectivity index (χ1n) is 21.5. The molecular formula is C50H56N8O6. The maximum Gasteiger partial charge on any atom is 0.407 e. The summed E-state index contributed by atoms with van der Waals surface area (Å²) in [6.45, 7) is 8.46. The number of hydrogen-bond donors (Lipinski definition) is 4. The van der Waals surface area contributed by atoms with Gasteiger partial charge in [-0.25, -0.2) is 19.6 Å². The summed E-state index contributed by atoms with van der Waals surface area (Å²) in [5.74, 6) is 12.4. The van der Waals surface area contributed by atoms with Gasteiger partial charge in [0, 0.05) is 13.1 Å². The van der Waals surface area contributed by atoms with Crippen LogP contribution in [0, 0.1) is 29.6 Å². The van der Waals surface area contributed by atoms with Crippen molar-refractivity contribution in [2.24, 2.45) is 16.6 Å². The average molecular weight is 865 g/mol. The highest BCUT2D eigenvalue weighted by molar-refractivity contribution is 5.95. The van der Waals surface area contributed by atoms with E-state index in [1.54, 1.807) is 28.1 Å². The molecule has 2 fully saturated rings. The smallest absolute Gasteiger partial charge is 0.407 e. The van der Waals surface area contributed by atoms with Gasteiger partial charge in [-0.2, -0.15) is 0 Å². The van der Waals surface area contributed by atoms with Gasteiger partial charge < -0.3 is 40.6 Å². The van der Waals surface area contributed by atoms with Crippen LogP contribution in [0.15, 0.2) is 102 Å². The lowest BCUT2D eigenvalue weighted by molar-refractivity contribution is -0.135. The second-order valence-corrected chi connectivity index (χ2v) is 16.2.